The summed E-state index contributed by atoms with van der Waals surface area (Å²) < 4.78 is 63.3. The summed E-state index contributed by atoms with van der Waals surface area (Å²) in [5, 5.41) is 0. The van der Waals surface area contributed by atoms with Crippen molar-refractivity contribution in [2.75, 3.05) is 6.52 Å². The minimum atomic E-state index is -2.71. The van der Waals surface area contributed by atoms with E-state index in [0.717, 1.165) is 0 Å². The standard InChI is InChI=1S/C17H29NO3Si2/c1-22(2,3)20-15-12-13-18(17(15)21-23(4,5)6)16(19)14-10-8-7-9-11-14/h7-11,15,17H,12-13H2,1-6H3/i10D,12D2,13D,15D,17D. The molecule has 0 bridgehead atoms. The molecule has 0 spiro atoms. The van der Waals surface area contributed by atoms with Crippen LogP contribution in [0, 0.1) is 0 Å². The first-order chi connectivity index (χ1) is 12.9. The summed E-state index contributed by atoms with van der Waals surface area (Å²) in [4.78, 5) is 14.0. The smallest absolute Gasteiger partial charge is 0.255 e. The predicted octanol–water partition coefficient (Wildman–Crippen LogP) is 3.93. The topological polar surface area (TPSA) is 38.8 Å². The van der Waals surface area contributed by atoms with Gasteiger partial charge in [0.15, 0.2) is 16.6 Å². The van der Waals surface area contributed by atoms with Gasteiger partial charge in [-0.15, -0.1) is 0 Å². The molecule has 128 valence electrons. The summed E-state index contributed by atoms with van der Waals surface area (Å²) in [6.45, 7) is 8.59. The van der Waals surface area contributed by atoms with E-state index in [1.54, 1.807) is 51.4 Å². The number of carbonyl (C=O) groups excluding carboxylic acids is 1. The van der Waals surface area contributed by atoms with Gasteiger partial charge in [0.2, 0.25) is 0 Å². The average Bonchev–Trinajstić information content (AvgIpc) is 2.60. The molecule has 0 N–H and O–H groups in total. The second-order valence-electron chi connectivity index (χ2n) is 7.29. The summed E-state index contributed by atoms with van der Waals surface area (Å²) in [7, 11) is -5.22. The van der Waals surface area contributed by atoms with E-state index in [2.05, 4.69) is 0 Å². The highest BCUT2D eigenvalue weighted by atomic mass is 28.4. The summed E-state index contributed by atoms with van der Waals surface area (Å²) in [5.41, 5.74) is -0.0893. The van der Waals surface area contributed by atoms with Crippen LogP contribution in [0.4, 0.5) is 0 Å². The Morgan fingerprint density at radius 1 is 1.22 bits per heavy atom. The number of carbonyl (C=O) groups is 1. The van der Waals surface area contributed by atoms with Gasteiger partial charge < -0.3 is 13.8 Å². The molecule has 2 rings (SSSR count). The highest BCUT2D eigenvalue weighted by Crippen LogP contribution is 2.29. The largest absolute Gasteiger partial charge is 0.410 e. The quantitative estimate of drug-likeness (QED) is 0.750. The molecule has 0 aliphatic carbocycles. The summed E-state index contributed by atoms with van der Waals surface area (Å²) >= 11 is 0. The molecule has 6 heteroatoms. The third kappa shape index (κ3) is 5.27. The first-order valence-electron chi connectivity index (χ1n) is 10.7. The lowest BCUT2D eigenvalue weighted by atomic mass is 10.2. The van der Waals surface area contributed by atoms with E-state index in [4.69, 9.17) is 17.1 Å². The van der Waals surface area contributed by atoms with Gasteiger partial charge in [-0.05, 0) is 57.8 Å². The third-order valence-corrected chi connectivity index (χ3v) is 4.33. The Morgan fingerprint density at radius 3 is 2.43 bits per heavy atom. The van der Waals surface area contributed by atoms with Crippen molar-refractivity contribution >= 4 is 22.5 Å². The number of likely N-dealkylation sites (tertiary alicyclic amines) is 1. The third-order valence-electron chi connectivity index (χ3n) is 2.71. The predicted molar refractivity (Wildman–Crippen MR) is 98.5 cm³/mol. The molecule has 3 atom stereocenters. The first kappa shape index (κ1) is 11.6. The maximum absolute atomic E-state index is 13.3. The van der Waals surface area contributed by atoms with Crippen LogP contribution >= 0.6 is 0 Å². The van der Waals surface area contributed by atoms with Gasteiger partial charge in [0, 0.05) is 16.2 Å². The van der Waals surface area contributed by atoms with Crippen LogP contribution in [0.1, 0.15) is 25.0 Å². The minimum Gasteiger partial charge on any atom is -0.410 e. The van der Waals surface area contributed by atoms with Crippen LogP contribution in [0.5, 0.6) is 0 Å². The molecule has 1 aliphatic rings. The van der Waals surface area contributed by atoms with E-state index in [0.29, 0.717) is 4.90 Å². The van der Waals surface area contributed by atoms with E-state index in [1.807, 2.05) is 0 Å². The fourth-order valence-electron chi connectivity index (χ4n) is 1.92. The molecule has 1 amide bonds. The zero-order chi connectivity index (χ0) is 22.6. The molecular weight excluding hydrogens is 322 g/mol. The maximum Gasteiger partial charge on any atom is 0.255 e. The molecule has 23 heavy (non-hydrogen) atoms. The Labute approximate surface area is 150 Å². The lowest BCUT2D eigenvalue weighted by Crippen LogP contribution is -2.49. The fourth-order valence-corrected chi connectivity index (χ4v) is 3.45. The number of amides is 1. The molecular formula is C17H29NO3Si2. The van der Waals surface area contributed by atoms with Gasteiger partial charge in [-0.1, -0.05) is 18.2 Å². The lowest BCUT2D eigenvalue weighted by Gasteiger charge is -2.35. The van der Waals surface area contributed by atoms with Gasteiger partial charge in [0.25, 0.3) is 5.91 Å². The van der Waals surface area contributed by atoms with Crippen molar-refractivity contribution in [1.82, 2.24) is 4.90 Å². The van der Waals surface area contributed by atoms with Gasteiger partial charge in [0.1, 0.15) is 6.20 Å². The number of benzene rings is 1. The van der Waals surface area contributed by atoms with Crippen LogP contribution < -0.4 is 0 Å². The van der Waals surface area contributed by atoms with Gasteiger partial charge in [-0.3, -0.25) is 4.79 Å². The second-order valence-corrected chi connectivity index (χ2v) is 16.1. The van der Waals surface area contributed by atoms with Crippen molar-refractivity contribution in [2.45, 2.75) is 57.9 Å². The Kier molecular flexibility index (Phi) is 3.46. The molecule has 1 aromatic carbocycles. The van der Waals surface area contributed by atoms with E-state index in [9.17, 15) is 4.79 Å². The molecule has 1 aromatic rings. The molecule has 1 heterocycles. The highest BCUT2D eigenvalue weighted by Gasteiger charge is 2.42. The Hall–Kier alpha value is -0.956. The summed E-state index contributed by atoms with van der Waals surface area (Å²) in [6.07, 6.45) is -7.93. The van der Waals surface area contributed by atoms with Gasteiger partial charge in [-0.25, -0.2) is 0 Å². The lowest BCUT2D eigenvalue weighted by molar-refractivity contribution is -0.00802. The molecule has 0 aromatic heterocycles. The Bertz CT molecular complexity index is 800. The van der Waals surface area contributed by atoms with E-state index >= 15 is 0 Å². The van der Waals surface area contributed by atoms with Crippen LogP contribution in [-0.4, -0.2) is 46.2 Å². The maximum atomic E-state index is 13.3. The Morgan fingerprint density at radius 2 is 1.87 bits per heavy atom. The SMILES string of the molecule is [2H]c1ccccc1C(=O)N1C([2H])C([2H])([2H])C([2H])(O[Si](C)(C)C)C1([2H])O[Si](C)(C)C. The Balaban J connectivity index is 2.74. The van der Waals surface area contributed by atoms with Crippen LogP contribution in [0.15, 0.2) is 30.3 Å². The van der Waals surface area contributed by atoms with Crippen molar-refractivity contribution in [3.63, 3.8) is 0 Å². The summed E-state index contributed by atoms with van der Waals surface area (Å²) in [6, 6.07) is 5.79. The first-order valence-corrected chi connectivity index (χ1v) is 14.4. The van der Waals surface area contributed by atoms with Crippen LogP contribution in [0.2, 0.25) is 39.3 Å². The summed E-state index contributed by atoms with van der Waals surface area (Å²) in [5.74, 6) is -0.902. The number of rotatable bonds is 5. The molecule has 4 nitrogen and oxygen atoms in total. The molecule has 3 unspecified atom stereocenters. The van der Waals surface area contributed by atoms with Gasteiger partial charge in [-0.2, -0.15) is 0 Å². The zero-order valence-corrected chi connectivity index (χ0v) is 16.6. The van der Waals surface area contributed by atoms with Gasteiger partial charge in [0.05, 0.1) is 10.2 Å². The normalized spacial score (nSPS) is 38.0. The van der Waals surface area contributed by atoms with E-state index in [1.165, 1.54) is 12.1 Å². The zero-order valence-electron chi connectivity index (χ0n) is 20.6. The fraction of sp³-hybridized carbons (Fsp3) is 0.588. The van der Waals surface area contributed by atoms with Crippen LogP contribution in [0.25, 0.3) is 0 Å². The monoisotopic (exact) mass is 357 g/mol. The number of hydrogen-bond acceptors (Lipinski definition) is 3. The number of nitrogens with zero attached hydrogens (tertiary/aromatic N) is 1. The van der Waals surface area contributed by atoms with E-state index in [-0.39, 0.29) is 11.6 Å². The van der Waals surface area contributed by atoms with Crippen molar-refractivity contribution < 1.29 is 21.9 Å². The van der Waals surface area contributed by atoms with Crippen molar-refractivity contribution in [1.29, 1.82) is 0 Å². The minimum absolute atomic E-state index is 0.0893. The van der Waals surface area contributed by atoms with Crippen molar-refractivity contribution in [3.05, 3.63) is 35.9 Å². The van der Waals surface area contributed by atoms with E-state index < -0.39 is 47.7 Å². The average molecular weight is 358 g/mol. The van der Waals surface area contributed by atoms with Crippen molar-refractivity contribution in [2.24, 2.45) is 0 Å². The molecule has 1 saturated heterocycles. The van der Waals surface area contributed by atoms with Gasteiger partial charge >= 0.3 is 0 Å². The second kappa shape index (κ2) is 6.88. The van der Waals surface area contributed by atoms with Crippen LogP contribution in [-0.2, 0) is 8.85 Å². The van der Waals surface area contributed by atoms with Crippen molar-refractivity contribution in [3.8, 4) is 0 Å². The number of hydrogen-bond donors (Lipinski definition) is 0. The molecule has 1 aliphatic heterocycles. The van der Waals surface area contributed by atoms with Crippen LogP contribution in [0.3, 0.4) is 0 Å². The molecule has 1 fully saturated rings. The molecule has 0 saturated carbocycles. The highest BCUT2D eigenvalue weighted by molar-refractivity contribution is 6.70. The molecule has 0 radical (unpaired) electrons.